The molecule has 0 heterocycles. The van der Waals surface area contributed by atoms with E-state index in [2.05, 4.69) is 22.6 Å². The molecule has 0 spiro atoms. The fraction of sp³-hybridized carbons (Fsp3) is 0.0714. The number of hydrogen-bond acceptors (Lipinski definition) is 1. The molecular formula is C14H9ClFIO. The molecule has 0 radical (unpaired) electrons. The van der Waals surface area contributed by atoms with Crippen LogP contribution in [0.15, 0.2) is 42.5 Å². The SMILES string of the molecule is O=C(Cc1ccc(Cl)c(F)c1)c1ccc(I)cc1. The Morgan fingerprint density at radius 2 is 1.83 bits per heavy atom. The van der Waals surface area contributed by atoms with Crippen LogP contribution >= 0.6 is 34.2 Å². The molecular weight excluding hydrogens is 366 g/mol. The van der Waals surface area contributed by atoms with Crippen LogP contribution in [0.4, 0.5) is 4.39 Å². The number of carbonyl (C=O) groups excluding carboxylic acids is 1. The quantitative estimate of drug-likeness (QED) is 0.571. The Hall–Kier alpha value is -0.940. The maximum absolute atomic E-state index is 13.2. The first-order valence-electron chi connectivity index (χ1n) is 5.29. The summed E-state index contributed by atoms with van der Waals surface area (Å²) in [7, 11) is 0. The van der Waals surface area contributed by atoms with Gasteiger partial charge in [0.2, 0.25) is 0 Å². The van der Waals surface area contributed by atoms with Crippen LogP contribution in [0.3, 0.4) is 0 Å². The van der Waals surface area contributed by atoms with Crippen LogP contribution in [0.25, 0.3) is 0 Å². The monoisotopic (exact) mass is 374 g/mol. The Labute approximate surface area is 123 Å². The molecule has 0 aliphatic heterocycles. The lowest BCUT2D eigenvalue weighted by molar-refractivity contribution is 0.0993. The van der Waals surface area contributed by atoms with Crippen molar-refractivity contribution in [3.8, 4) is 0 Å². The molecule has 0 saturated carbocycles. The van der Waals surface area contributed by atoms with Gasteiger partial charge in [0.15, 0.2) is 5.78 Å². The van der Waals surface area contributed by atoms with Gasteiger partial charge in [0.25, 0.3) is 0 Å². The van der Waals surface area contributed by atoms with Gasteiger partial charge in [-0.2, -0.15) is 0 Å². The number of benzene rings is 2. The van der Waals surface area contributed by atoms with Crippen LogP contribution < -0.4 is 0 Å². The van der Waals surface area contributed by atoms with Gasteiger partial charge >= 0.3 is 0 Å². The van der Waals surface area contributed by atoms with Crippen LogP contribution in [-0.2, 0) is 6.42 Å². The zero-order valence-electron chi connectivity index (χ0n) is 9.29. The van der Waals surface area contributed by atoms with Gasteiger partial charge in [0, 0.05) is 15.6 Å². The van der Waals surface area contributed by atoms with Crippen molar-refractivity contribution >= 4 is 40.0 Å². The summed E-state index contributed by atoms with van der Waals surface area (Å²) < 4.78 is 14.3. The molecule has 2 aromatic rings. The minimum absolute atomic E-state index is 0.0341. The molecule has 0 aliphatic rings. The highest BCUT2D eigenvalue weighted by Crippen LogP contribution is 2.17. The second-order valence-corrected chi connectivity index (χ2v) is 5.51. The van der Waals surface area contributed by atoms with Crippen LogP contribution in [-0.4, -0.2) is 5.78 Å². The molecule has 1 nitrogen and oxygen atoms in total. The number of carbonyl (C=O) groups is 1. The largest absolute Gasteiger partial charge is 0.294 e. The minimum Gasteiger partial charge on any atom is -0.294 e. The Kier molecular flexibility index (Phi) is 4.35. The highest BCUT2D eigenvalue weighted by atomic mass is 127. The standard InChI is InChI=1S/C14H9ClFIO/c15-12-6-1-9(7-13(12)16)8-14(18)10-2-4-11(17)5-3-10/h1-7H,8H2. The smallest absolute Gasteiger partial charge is 0.167 e. The highest BCUT2D eigenvalue weighted by Gasteiger charge is 2.08. The maximum atomic E-state index is 13.2. The van der Waals surface area contributed by atoms with Gasteiger partial charge in [-0.25, -0.2) is 4.39 Å². The molecule has 0 aromatic heterocycles. The lowest BCUT2D eigenvalue weighted by Gasteiger charge is -2.03. The van der Waals surface area contributed by atoms with Crippen molar-refractivity contribution in [2.45, 2.75) is 6.42 Å². The van der Waals surface area contributed by atoms with E-state index in [9.17, 15) is 9.18 Å². The zero-order valence-corrected chi connectivity index (χ0v) is 12.2. The molecule has 0 saturated heterocycles. The summed E-state index contributed by atoms with van der Waals surface area (Å²) in [4.78, 5) is 12.0. The average Bonchev–Trinajstić information content (AvgIpc) is 2.34. The van der Waals surface area contributed by atoms with Crippen LogP contribution in [0.5, 0.6) is 0 Å². The Bertz CT molecular complexity index is 581. The van der Waals surface area contributed by atoms with Gasteiger partial charge in [-0.15, -0.1) is 0 Å². The molecule has 0 bridgehead atoms. The molecule has 2 aromatic carbocycles. The Balaban J connectivity index is 2.16. The highest BCUT2D eigenvalue weighted by molar-refractivity contribution is 14.1. The van der Waals surface area contributed by atoms with Crippen LogP contribution in [0.1, 0.15) is 15.9 Å². The number of halogens is 3. The summed E-state index contributed by atoms with van der Waals surface area (Å²) in [6.07, 6.45) is 0.175. The van der Waals surface area contributed by atoms with Crippen LogP contribution in [0, 0.1) is 9.39 Å². The van der Waals surface area contributed by atoms with Crippen molar-refractivity contribution in [1.82, 2.24) is 0 Å². The molecule has 0 atom stereocenters. The van der Waals surface area contributed by atoms with Gasteiger partial charge in [-0.1, -0.05) is 29.8 Å². The predicted octanol–water partition coefficient (Wildman–Crippen LogP) is 4.51. The second kappa shape index (κ2) is 5.80. The lowest BCUT2D eigenvalue weighted by Crippen LogP contribution is -2.03. The summed E-state index contributed by atoms with van der Waals surface area (Å²) in [6, 6.07) is 11.7. The molecule has 0 unspecified atom stereocenters. The van der Waals surface area contributed by atoms with Crippen molar-refractivity contribution in [3.05, 3.63) is 68.0 Å². The zero-order chi connectivity index (χ0) is 13.1. The molecule has 0 aliphatic carbocycles. The average molecular weight is 375 g/mol. The Morgan fingerprint density at radius 3 is 2.44 bits per heavy atom. The number of hydrogen-bond donors (Lipinski definition) is 0. The van der Waals surface area contributed by atoms with Crippen molar-refractivity contribution < 1.29 is 9.18 Å². The van der Waals surface area contributed by atoms with E-state index in [0.717, 1.165) is 3.57 Å². The van der Waals surface area contributed by atoms with E-state index in [-0.39, 0.29) is 17.2 Å². The number of Topliss-reactive ketones (excluding diaryl/α,β-unsaturated/α-hetero) is 1. The first kappa shape index (κ1) is 13.5. The molecule has 0 amide bonds. The molecule has 92 valence electrons. The third kappa shape index (κ3) is 3.29. The van der Waals surface area contributed by atoms with Crippen molar-refractivity contribution in [3.63, 3.8) is 0 Å². The predicted molar refractivity (Wildman–Crippen MR) is 78.6 cm³/mol. The summed E-state index contributed by atoms with van der Waals surface area (Å²) in [6.45, 7) is 0. The third-order valence-corrected chi connectivity index (χ3v) is 3.54. The summed E-state index contributed by atoms with van der Waals surface area (Å²) in [5.74, 6) is -0.530. The van der Waals surface area contributed by atoms with E-state index in [1.165, 1.54) is 12.1 Å². The fourth-order valence-electron chi connectivity index (χ4n) is 1.57. The third-order valence-electron chi connectivity index (χ3n) is 2.51. The fourth-order valence-corrected chi connectivity index (χ4v) is 2.05. The van der Waals surface area contributed by atoms with Gasteiger partial charge in [-0.3, -0.25) is 4.79 Å². The van der Waals surface area contributed by atoms with Gasteiger partial charge < -0.3 is 0 Å². The van der Waals surface area contributed by atoms with Gasteiger partial charge in [-0.05, 0) is 52.4 Å². The van der Waals surface area contributed by atoms with E-state index in [0.29, 0.717) is 11.1 Å². The van der Waals surface area contributed by atoms with Crippen molar-refractivity contribution in [1.29, 1.82) is 0 Å². The molecule has 4 heteroatoms. The van der Waals surface area contributed by atoms with E-state index >= 15 is 0 Å². The van der Waals surface area contributed by atoms with E-state index in [1.54, 1.807) is 18.2 Å². The van der Waals surface area contributed by atoms with E-state index in [4.69, 9.17) is 11.6 Å². The Morgan fingerprint density at radius 1 is 1.17 bits per heavy atom. The van der Waals surface area contributed by atoms with Crippen LogP contribution in [0.2, 0.25) is 5.02 Å². The normalized spacial score (nSPS) is 10.4. The molecule has 0 fully saturated rings. The van der Waals surface area contributed by atoms with E-state index < -0.39 is 5.82 Å². The summed E-state index contributed by atoms with van der Waals surface area (Å²) >= 11 is 7.77. The first-order chi connectivity index (χ1) is 8.56. The lowest BCUT2D eigenvalue weighted by atomic mass is 10.0. The minimum atomic E-state index is -0.496. The maximum Gasteiger partial charge on any atom is 0.167 e. The molecule has 18 heavy (non-hydrogen) atoms. The van der Waals surface area contributed by atoms with Gasteiger partial charge in [0.1, 0.15) is 5.82 Å². The number of ketones is 1. The topological polar surface area (TPSA) is 17.1 Å². The second-order valence-electron chi connectivity index (χ2n) is 3.86. The molecule has 2 rings (SSSR count). The molecule has 0 N–H and O–H groups in total. The summed E-state index contributed by atoms with van der Waals surface area (Å²) in [5, 5.41) is 0.0699. The van der Waals surface area contributed by atoms with E-state index in [1.807, 2.05) is 12.1 Å². The number of rotatable bonds is 3. The first-order valence-corrected chi connectivity index (χ1v) is 6.74. The van der Waals surface area contributed by atoms with Crippen molar-refractivity contribution in [2.24, 2.45) is 0 Å². The summed E-state index contributed by atoms with van der Waals surface area (Å²) in [5.41, 5.74) is 1.26. The van der Waals surface area contributed by atoms with Gasteiger partial charge in [0.05, 0.1) is 5.02 Å². The van der Waals surface area contributed by atoms with Crippen molar-refractivity contribution in [2.75, 3.05) is 0 Å².